The summed E-state index contributed by atoms with van der Waals surface area (Å²) in [6, 6.07) is 13.3. The third-order valence-electron chi connectivity index (χ3n) is 6.31. The second kappa shape index (κ2) is 6.72. The van der Waals surface area contributed by atoms with Crippen LogP contribution in [0.1, 0.15) is 71.9 Å². The summed E-state index contributed by atoms with van der Waals surface area (Å²) in [6.07, 6.45) is 6.82. The molecule has 2 aliphatic carbocycles. The zero-order chi connectivity index (χ0) is 17.4. The van der Waals surface area contributed by atoms with Crippen molar-refractivity contribution >= 4 is 0 Å². The van der Waals surface area contributed by atoms with Gasteiger partial charge in [-0.2, -0.15) is 0 Å². The lowest BCUT2D eigenvalue weighted by Crippen LogP contribution is -2.27. The molecule has 0 heterocycles. The summed E-state index contributed by atoms with van der Waals surface area (Å²) in [6.45, 7) is 6.78. The molecule has 25 heavy (non-hydrogen) atoms. The fraction of sp³-hybridized carbons (Fsp3) is 0.440. The summed E-state index contributed by atoms with van der Waals surface area (Å²) >= 11 is 0. The van der Waals surface area contributed by atoms with Gasteiger partial charge in [0.15, 0.2) is 0 Å². The normalized spacial score (nSPS) is 24.7. The van der Waals surface area contributed by atoms with Crippen molar-refractivity contribution < 1.29 is 0 Å². The second-order valence-corrected chi connectivity index (χ2v) is 8.31. The predicted molar refractivity (Wildman–Crippen MR) is 106 cm³/mol. The molecule has 3 atom stereocenters. The van der Waals surface area contributed by atoms with Gasteiger partial charge in [-0.15, -0.1) is 0 Å². The average molecular weight is 328 g/mol. The summed E-state index contributed by atoms with van der Waals surface area (Å²) in [7, 11) is 0. The van der Waals surface area contributed by atoms with Crippen LogP contribution in [0.3, 0.4) is 0 Å². The Balaban J connectivity index is 1.64. The van der Waals surface area contributed by atoms with Crippen LogP contribution in [0, 0.1) is 37.5 Å². The maximum absolute atomic E-state index is 3.43. The van der Waals surface area contributed by atoms with E-state index in [0.29, 0.717) is 0 Å². The van der Waals surface area contributed by atoms with Gasteiger partial charge < -0.3 is 0 Å². The van der Waals surface area contributed by atoms with Gasteiger partial charge >= 0.3 is 0 Å². The van der Waals surface area contributed by atoms with Crippen molar-refractivity contribution in [2.75, 3.05) is 0 Å². The molecule has 0 amide bonds. The first-order valence-corrected chi connectivity index (χ1v) is 9.82. The molecular formula is C25H28. The van der Waals surface area contributed by atoms with Crippen LogP contribution in [0.2, 0.25) is 0 Å². The maximum atomic E-state index is 3.43. The highest BCUT2D eigenvalue weighted by Crippen LogP contribution is 2.47. The third-order valence-corrected chi connectivity index (χ3v) is 6.31. The largest absolute Gasteiger partial charge is 0.0625 e. The van der Waals surface area contributed by atoms with Crippen molar-refractivity contribution in [2.24, 2.45) is 11.8 Å². The Kier molecular flexibility index (Phi) is 4.43. The average Bonchev–Trinajstić information content (AvgIpc) is 2.61. The predicted octanol–water partition coefficient (Wildman–Crippen LogP) is 6.17. The van der Waals surface area contributed by atoms with Crippen molar-refractivity contribution in [3.05, 3.63) is 69.8 Å². The highest BCUT2D eigenvalue weighted by Gasteiger charge is 2.34. The van der Waals surface area contributed by atoms with E-state index in [9.17, 15) is 0 Å². The first-order chi connectivity index (χ1) is 12.1. The van der Waals surface area contributed by atoms with E-state index in [-0.39, 0.29) is 0 Å². The topological polar surface area (TPSA) is 0 Å². The summed E-state index contributed by atoms with van der Waals surface area (Å²) in [5.74, 6) is 9.42. The molecule has 1 saturated carbocycles. The lowest BCUT2D eigenvalue weighted by molar-refractivity contribution is 0.221. The van der Waals surface area contributed by atoms with Crippen LogP contribution < -0.4 is 0 Å². The van der Waals surface area contributed by atoms with E-state index in [0.717, 1.165) is 23.3 Å². The molecule has 0 N–H and O–H groups in total. The molecular weight excluding hydrogens is 300 g/mol. The molecule has 2 aromatic carbocycles. The molecule has 0 radical (unpaired) electrons. The highest BCUT2D eigenvalue weighted by atomic mass is 14.4. The zero-order valence-corrected chi connectivity index (χ0v) is 15.7. The molecule has 4 rings (SSSR count). The Morgan fingerprint density at radius 1 is 0.920 bits per heavy atom. The van der Waals surface area contributed by atoms with Crippen LogP contribution in [0.15, 0.2) is 36.4 Å². The maximum Gasteiger partial charge on any atom is 0.0281 e. The molecule has 1 fully saturated rings. The van der Waals surface area contributed by atoms with Crippen molar-refractivity contribution in [3.8, 4) is 11.8 Å². The molecule has 2 aliphatic rings. The third kappa shape index (κ3) is 3.38. The number of aryl methyl sites for hydroxylation is 3. The molecule has 0 saturated heterocycles. The number of hydrogen-bond acceptors (Lipinski definition) is 0. The monoisotopic (exact) mass is 328 g/mol. The van der Waals surface area contributed by atoms with Gasteiger partial charge in [-0.05, 0) is 92.2 Å². The number of fused-ring (bicyclic) bond motifs is 3. The van der Waals surface area contributed by atoms with Crippen molar-refractivity contribution in [1.82, 2.24) is 0 Å². The molecule has 2 aromatic rings. The van der Waals surface area contributed by atoms with Gasteiger partial charge in [-0.1, -0.05) is 48.9 Å². The van der Waals surface area contributed by atoms with E-state index in [4.69, 9.17) is 0 Å². The van der Waals surface area contributed by atoms with Crippen LogP contribution >= 0.6 is 0 Å². The van der Waals surface area contributed by atoms with Gasteiger partial charge in [0.1, 0.15) is 0 Å². The van der Waals surface area contributed by atoms with E-state index in [1.165, 1.54) is 48.8 Å². The van der Waals surface area contributed by atoms with Crippen LogP contribution in [0.25, 0.3) is 0 Å². The van der Waals surface area contributed by atoms with Crippen LogP contribution in [-0.2, 0) is 6.42 Å². The molecule has 0 aromatic heterocycles. The van der Waals surface area contributed by atoms with E-state index in [2.05, 4.69) is 69.0 Å². The highest BCUT2D eigenvalue weighted by molar-refractivity contribution is 5.51. The van der Waals surface area contributed by atoms with Gasteiger partial charge in [0, 0.05) is 11.1 Å². The van der Waals surface area contributed by atoms with Gasteiger partial charge in [-0.25, -0.2) is 0 Å². The lowest BCUT2D eigenvalue weighted by atomic mass is 9.65. The zero-order valence-electron chi connectivity index (χ0n) is 15.7. The minimum absolute atomic E-state index is 0.803. The Morgan fingerprint density at radius 2 is 1.72 bits per heavy atom. The van der Waals surface area contributed by atoms with E-state index >= 15 is 0 Å². The van der Waals surface area contributed by atoms with Gasteiger partial charge in [0.25, 0.3) is 0 Å². The Hall–Kier alpha value is -2.00. The first-order valence-electron chi connectivity index (χ1n) is 9.82. The van der Waals surface area contributed by atoms with E-state index in [1.54, 1.807) is 11.1 Å². The molecule has 3 unspecified atom stereocenters. The number of hydrogen-bond donors (Lipinski definition) is 0. The van der Waals surface area contributed by atoms with Crippen molar-refractivity contribution in [1.29, 1.82) is 0 Å². The quantitative estimate of drug-likeness (QED) is 0.507. The van der Waals surface area contributed by atoms with E-state index < -0.39 is 0 Å². The molecule has 0 spiro atoms. The number of benzene rings is 2. The molecule has 0 aliphatic heterocycles. The smallest absolute Gasteiger partial charge is 0.0281 e. The molecule has 0 bridgehead atoms. The van der Waals surface area contributed by atoms with Crippen LogP contribution in [-0.4, -0.2) is 0 Å². The van der Waals surface area contributed by atoms with Gasteiger partial charge in [0.05, 0.1) is 0 Å². The summed E-state index contributed by atoms with van der Waals surface area (Å²) in [4.78, 5) is 0. The summed E-state index contributed by atoms with van der Waals surface area (Å²) < 4.78 is 0. The summed E-state index contributed by atoms with van der Waals surface area (Å²) in [5.41, 5.74) is 8.15. The molecule has 0 nitrogen and oxygen atoms in total. The Bertz CT molecular complexity index is 829. The standard InChI is InChI=1S/C25H28/c1-17-4-7-20(8-5-17)9-10-21-16-23-12-11-22-14-18(2)6-13-24(22)25(23)15-19(21)3/h4-5,7-8,15-16,18,22,24H,6,11-14H2,1-3H3. The van der Waals surface area contributed by atoms with E-state index in [1.807, 2.05) is 0 Å². The molecule has 0 heteroatoms. The number of rotatable bonds is 0. The SMILES string of the molecule is Cc1ccc(C#Cc2cc3c(cc2C)C2CCC(C)CC2CC3)cc1. The van der Waals surface area contributed by atoms with Crippen molar-refractivity contribution in [2.45, 2.75) is 58.8 Å². The van der Waals surface area contributed by atoms with Crippen LogP contribution in [0.5, 0.6) is 0 Å². The lowest BCUT2D eigenvalue weighted by Gasteiger charge is -2.40. The minimum atomic E-state index is 0.803. The Labute approximate surface area is 152 Å². The summed E-state index contributed by atoms with van der Waals surface area (Å²) in [5, 5.41) is 0. The van der Waals surface area contributed by atoms with Crippen molar-refractivity contribution in [3.63, 3.8) is 0 Å². The fourth-order valence-corrected chi connectivity index (χ4v) is 4.82. The van der Waals surface area contributed by atoms with Gasteiger partial charge in [0.2, 0.25) is 0 Å². The second-order valence-electron chi connectivity index (χ2n) is 8.31. The minimum Gasteiger partial charge on any atom is -0.0625 e. The molecule has 128 valence electrons. The van der Waals surface area contributed by atoms with Gasteiger partial charge in [-0.3, -0.25) is 0 Å². The fourth-order valence-electron chi connectivity index (χ4n) is 4.82. The first kappa shape index (κ1) is 16.5. The Morgan fingerprint density at radius 3 is 2.52 bits per heavy atom. The van der Waals surface area contributed by atoms with Crippen LogP contribution in [0.4, 0.5) is 0 Å².